The fourth-order valence-electron chi connectivity index (χ4n) is 3.74. The zero-order valence-electron chi connectivity index (χ0n) is 11.6. The van der Waals surface area contributed by atoms with Gasteiger partial charge in [0.1, 0.15) is 0 Å². The van der Waals surface area contributed by atoms with Crippen LogP contribution in [0.1, 0.15) is 58.8 Å². The molecule has 0 radical (unpaired) electrons. The van der Waals surface area contributed by atoms with Crippen LogP contribution in [0.15, 0.2) is 0 Å². The monoisotopic (exact) mass is 239 g/mol. The van der Waals surface area contributed by atoms with Gasteiger partial charge in [0.2, 0.25) is 0 Å². The number of nitrogens with zero attached hydrogens (tertiary/aromatic N) is 1. The van der Waals surface area contributed by atoms with E-state index >= 15 is 0 Å². The van der Waals surface area contributed by atoms with E-state index in [9.17, 15) is 5.11 Å². The van der Waals surface area contributed by atoms with Crippen molar-refractivity contribution in [3.05, 3.63) is 0 Å². The van der Waals surface area contributed by atoms with Crippen molar-refractivity contribution in [1.82, 2.24) is 4.90 Å². The molecule has 0 spiro atoms. The quantitative estimate of drug-likeness (QED) is 0.770. The van der Waals surface area contributed by atoms with E-state index in [4.69, 9.17) is 0 Å². The van der Waals surface area contributed by atoms with Gasteiger partial charge in [-0.05, 0) is 31.7 Å². The maximum Gasteiger partial charge on any atom is 0.0703 e. The van der Waals surface area contributed by atoms with Crippen molar-refractivity contribution in [3.8, 4) is 0 Å². The average Bonchev–Trinajstić information content (AvgIpc) is 2.76. The van der Waals surface area contributed by atoms with E-state index in [0.717, 1.165) is 31.8 Å². The summed E-state index contributed by atoms with van der Waals surface area (Å²) in [7, 11) is 0. The van der Waals surface area contributed by atoms with Crippen molar-refractivity contribution in [3.63, 3.8) is 0 Å². The van der Waals surface area contributed by atoms with E-state index < -0.39 is 0 Å². The van der Waals surface area contributed by atoms with Crippen molar-refractivity contribution < 1.29 is 5.11 Å². The third kappa shape index (κ3) is 3.03. The van der Waals surface area contributed by atoms with Gasteiger partial charge in [0.25, 0.3) is 0 Å². The van der Waals surface area contributed by atoms with Crippen LogP contribution in [0.3, 0.4) is 0 Å². The zero-order valence-corrected chi connectivity index (χ0v) is 11.6. The number of unbranched alkanes of at least 4 members (excludes halogenated alkanes) is 1. The van der Waals surface area contributed by atoms with E-state index in [1.165, 1.54) is 38.6 Å². The second kappa shape index (κ2) is 5.71. The molecule has 2 bridgehead atoms. The highest BCUT2D eigenvalue weighted by Crippen LogP contribution is 2.40. The van der Waals surface area contributed by atoms with Gasteiger partial charge in [0.05, 0.1) is 5.60 Å². The minimum Gasteiger partial charge on any atom is -0.389 e. The van der Waals surface area contributed by atoms with Crippen molar-refractivity contribution in [2.75, 3.05) is 19.6 Å². The fraction of sp³-hybridized carbons (Fsp3) is 1.00. The maximum absolute atomic E-state index is 10.9. The van der Waals surface area contributed by atoms with Crippen molar-refractivity contribution in [2.45, 2.75) is 64.4 Å². The summed E-state index contributed by atoms with van der Waals surface area (Å²) in [5.74, 6) is 1.30. The lowest BCUT2D eigenvalue weighted by Gasteiger charge is -2.41. The normalized spacial score (nSPS) is 38.3. The Morgan fingerprint density at radius 3 is 2.88 bits per heavy atom. The Labute approximate surface area is 106 Å². The second-order valence-electron chi connectivity index (χ2n) is 6.26. The van der Waals surface area contributed by atoms with Crippen LogP contribution in [-0.4, -0.2) is 35.2 Å². The van der Waals surface area contributed by atoms with Crippen LogP contribution in [0.4, 0.5) is 0 Å². The van der Waals surface area contributed by atoms with Gasteiger partial charge >= 0.3 is 0 Å². The van der Waals surface area contributed by atoms with Gasteiger partial charge < -0.3 is 10.0 Å². The molecular weight excluding hydrogens is 210 g/mol. The third-order valence-electron chi connectivity index (χ3n) is 5.08. The molecule has 2 aliphatic rings. The number of hydrogen-bond donors (Lipinski definition) is 1. The van der Waals surface area contributed by atoms with E-state index in [2.05, 4.69) is 18.7 Å². The molecule has 100 valence electrons. The lowest BCUT2D eigenvalue weighted by molar-refractivity contribution is -0.0633. The molecule has 2 aliphatic heterocycles. The number of fused-ring (bicyclic) bond motifs is 2. The van der Waals surface area contributed by atoms with Crippen LogP contribution in [-0.2, 0) is 0 Å². The summed E-state index contributed by atoms with van der Waals surface area (Å²) in [5.41, 5.74) is -0.332. The van der Waals surface area contributed by atoms with E-state index in [1.807, 2.05) is 0 Å². The third-order valence-corrected chi connectivity index (χ3v) is 5.08. The van der Waals surface area contributed by atoms with Gasteiger partial charge in [0.15, 0.2) is 0 Å². The Morgan fingerprint density at radius 1 is 1.35 bits per heavy atom. The molecule has 17 heavy (non-hydrogen) atoms. The highest BCUT2D eigenvalue weighted by atomic mass is 16.3. The topological polar surface area (TPSA) is 23.5 Å². The lowest BCUT2D eigenvalue weighted by atomic mass is 9.74. The summed E-state index contributed by atoms with van der Waals surface area (Å²) in [4.78, 5) is 2.52. The van der Waals surface area contributed by atoms with Crippen LogP contribution in [0.2, 0.25) is 0 Å². The Bertz CT molecular complexity index is 243. The largest absolute Gasteiger partial charge is 0.389 e. The fourth-order valence-corrected chi connectivity index (χ4v) is 3.74. The Balaban J connectivity index is 1.90. The predicted octanol–water partition coefficient (Wildman–Crippen LogP) is 3.05. The van der Waals surface area contributed by atoms with E-state index in [1.54, 1.807) is 0 Å². The molecule has 0 saturated carbocycles. The van der Waals surface area contributed by atoms with Crippen LogP contribution in [0.25, 0.3) is 0 Å². The average molecular weight is 239 g/mol. The van der Waals surface area contributed by atoms with Gasteiger partial charge in [-0.2, -0.15) is 0 Å². The van der Waals surface area contributed by atoms with Crippen molar-refractivity contribution >= 4 is 0 Å². The molecule has 2 fully saturated rings. The summed E-state index contributed by atoms with van der Waals surface area (Å²) in [6, 6.07) is 0. The molecule has 4 atom stereocenters. The highest BCUT2D eigenvalue weighted by Gasteiger charge is 2.45. The van der Waals surface area contributed by atoms with Gasteiger partial charge in [-0.1, -0.05) is 39.5 Å². The maximum atomic E-state index is 10.9. The molecule has 0 aliphatic carbocycles. The molecule has 2 heteroatoms. The molecule has 0 amide bonds. The van der Waals surface area contributed by atoms with Crippen LogP contribution < -0.4 is 0 Å². The van der Waals surface area contributed by atoms with Gasteiger partial charge in [-0.25, -0.2) is 0 Å². The summed E-state index contributed by atoms with van der Waals surface area (Å²) in [6.07, 6.45) is 8.45. The predicted molar refractivity (Wildman–Crippen MR) is 72.0 cm³/mol. The minimum atomic E-state index is -0.332. The summed E-state index contributed by atoms with van der Waals surface area (Å²) < 4.78 is 0. The highest BCUT2D eigenvalue weighted by molar-refractivity contribution is 4.98. The smallest absolute Gasteiger partial charge is 0.0703 e. The molecule has 0 aromatic carbocycles. The Hall–Kier alpha value is -0.0800. The first-order chi connectivity index (χ1) is 8.18. The van der Waals surface area contributed by atoms with Crippen LogP contribution in [0.5, 0.6) is 0 Å². The first kappa shape index (κ1) is 13.4. The van der Waals surface area contributed by atoms with Gasteiger partial charge in [-0.15, -0.1) is 0 Å². The molecule has 0 aromatic heterocycles. The first-order valence-electron chi connectivity index (χ1n) is 7.62. The molecule has 2 nitrogen and oxygen atoms in total. The van der Waals surface area contributed by atoms with Crippen molar-refractivity contribution in [1.29, 1.82) is 0 Å². The number of piperidine rings is 1. The summed E-state index contributed by atoms with van der Waals surface area (Å²) in [5, 5.41) is 10.9. The molecule has 1 N–H and O–H groups in total. The first-order valence-corrected chi connectivity index (χ1v) is 7.62. The molecule has 2 heterocycles. The lowest BCUT2D eigenvalue weighted by Crippen LogP contribution is -2.47. The second-order valence-corrected chi connectivity index (χ2v) is 6.26. The Morgan fingerprint density at radius 2 is 2.18 bits per heavy atom. The number of rotatable bonds is 6. The number of hydrogen-bond acceptors (Lipinski definition) is 2. The summed E-state index contributed by atoms with van der Waals surface area (Å²) >= 11 is 0. The Kier molecular flexibility index (Phi) is 4.48. The van der Waals surface area contributed by atoms with E-state index in [0.29, 0.717) is 5.92 Å². The molecule has 2 rings (SSSR count). The standard InChI is InChI=1S/C15H29NO/c1-3-5-6-13(4-2)11-15(17)8-10-16-9-7-14(15)12-16/h13-14,17H,3-12H2,1-2H3. The van der Waals surface area contributed by atoms with Gasteiger partial charge in [0, 0.05) is 19.0 Å². The van der Waals surface area contributed by atoms with Gasteiger partial charge in [-0.3, -0.25) is 0 Å². The molecule has 0 aromatic rings. The van der Waals surface area contributed by atoms with Crippen LogP contribution in [0, 0.1) is 11.8 Å². The zero-order chi connectivity index (χ0) is 12.3. The molecule has 4 unspecified atom stereocenters. The minimum absolute atomic E-state index is 0.332. The summed E-state index contributed by atoms with van der Waals surface area (Å²) in [6.45, 7) is 8.04. The molecule has 2 saturated heterocycles. The van der Waals surface area contributed by atoms with Crippen LogP contribution >= 0.6 is 0 Å². The van der Waals surface area contributed by atoms with E-state index in [-0.39, 0.29) is 5.60 Å². The van der Waals surface area contributed by atoms with Crippen molar-refractivity contribution in [2.24, 2.45) is 11.8 Å². The number of aliphatic hydroxyl groups is 1. The SMILES string of the molecule is CCCCC(CC)CC1(O)CCN2CCC1C2. The molecular formula is C15H29NO.